The molecule has 1 rings (SSSR count). The summed E-state index contributed by atoms with van der Waals surface area (Å²) >= 11 is 5.43. The second kappa shape index (κ2) is 7.37. The first-order valence-corrected chi connectivity index (χ1v) is 6.40. The molecule has 0 aromatic carbocycles. The number of likely N-dealkylation sites (tertiary alicyclic amines) is 1. The van der Waals surface area contributed by atoms with Gasteiger partial charge < -0.3 is 9.47 Å². The molecule has 0 radical (unpaired) electrons. The SMILES string of the molecule is CCCOC(=O)C1CCCN1C(=O)OCCCl. The number of hydrogen-bond acceptors (Lipinski definition) is 4. The van der Waals surface area contributed by atoms with Gasteiger partial charge >= 0.3 is 12.1 Å². The Morgan fingerprint density at radius 2 is 2.12 bits per heavy atom. The van der Waals surface area contributed by atoms with Crippen LogP contribution in [0.25, 0.3) is 0 Å². The van der Waals surface area contributed by atoms with Crippen LogP contribution in [0, 0.1) is 0 Å². The van der Waals surface area contributed by atoms with Gasteiger partial charge in [-0.25, -0.2) is 9.59 Å². The highest BCUT2D eigenvalue weighted by Gasteiger charge is 2.36. The molecule has 1 saturated heterocycles. The van der Waals surface area contributed by atoms with Crippen LogP contribution in [0.15, 0.2) is 0 Å². The maximum atomic E-state index is 11.7. The van der Waals surface area contributed by atoms with Crippen LogP contribution in [0.3, 0.4) is 0 Å². The van der Waals surface area contributed by atoms with Crippen LogP contribution in [0.2, 0.25) is 0 Å². The smallest absolute Gasteiger partial charge is 0.410 e. The minimum atomic E-state index is -0.496. The van der Waals surface area contributed by atoms with E-state index >= 15 is 0 Å². The van der Waals surface area contributed by atoms with Crippen LogP contribution >= 0.6 is 11.6 Å². The zero-order chi connectivity index (χ0) is 12.7. The summed E-state index contributed by atoms with van der Waals surface area (Å²) < 4.78 is 9.95. The molecule has 0 spiro atoms. The Balaban J connectivity index is 2.47. The Morgan fingerprint density at radius 1 is 1.35 bits per heavy atom. The van der Waals surface area contributed by atoms with Crippen LogP contribution in [-0.2, 0) is 14.3 Å². The number of halogens is 1. The average Bonchev–Trinajstić information content (AvgIpc) is 2.82. The molecule has 1 atom stereocenters. The first-order chi connectivity index (χ1) is 8.20. The first kappa shape index (κ1) is 14.1. The monoisotopic (exact) mass is 263 g/mol. The molecule has 0 aromatic rings. The lowest BCUT2D eigenvalue weighted by Gasteiger charge is -2.22. The van der Waals surface area contributed by atoms with Crippen LogP contribution in [0.1, 0.15) is 26.2 Å². The average molecular weight is 264 g/mol. The molecule has 0 saturated carbocycles. The van der Waals surface area contributed by atoms with Gasteiger partial charge in [0.2, 0.25) is 0 Å². The molecule has 0 aliphatic carbocycles. The third-order valence-corrected chi connectivity index (χ3v) is 2.66. The highest BCUT2D eigenvalue weighted by Crippen LogP contribution is 2.19. The predicted molar refractivity (Wildman–Crippen MR) is 63.0 cm³/mol. The fourth-order valence-corrected chi connectivity index (χ4v) is 1.82. The minimum Gasteiger partial charge on any atom is -0.464 e. The van der Waals surface area contributed by atoms with Crippen LogP contribution in [0.5, 0.6) is 0 Å². The Hall–Kier alpha value is -0.970. The van der Waals surface area contributed by atoms with E-state index in [4.69, 9.17) is 21.1 Å². The molecule has 5 nitrogen and oxygen atoms in total. The van der Waals surface area contributed by atoms with Gasteiger partial charge in [-0.05, 0) is 19.3 Å². The minimum absolute atomic E-state index is 0.160. The van der Waals surface area contributed by atoms with Crippen molar-refractivity contribution < 1.29 is 19.1 Å². The van der Waals surface area contributed by atoms with E-state index in [-0.39, 0.29) is 18.5 Å². The third-order valence-electron chi connectivity index (χ3n) is 2.51. The number of nitrogens with zero attached hydrogens (tertiary/aromatic N) is 1. The number of alkyl halides is 1. The second-order valence-electron chi connectivity index (χ2n) is 3.82. The summed E-state index contributed by atoms with van der Waals surface area (Å²) in [6, 6.07) is -0.496. The molecule has 1 aliphatic rings. The van der Waals surface area contributed by atoms with Gasteiger partial charge in [-0.1, -0.05) is 6.92 Å². The van der Waals surface area contributed by atoms with E-state index in [1.54, 1.807) is 0 Å². The number of carbonyl (C=O) groups is 2. The molecule has 0 aromatic heterocycles. The zero-order valence-corrected chi connectivity index (χ0v) is 10.7. The van der Waals surface area contributed by atoms with Crippen molar-refractivity contribution in [2.45, 2.75) is 32.2 Å². The third kappa shape index (κ3) is 4.07. The van der Waals surface area contributed by atoms with E-state index in [0.29, 0.717) is 19.6 Å². The molecule has 1 heterocycles. The number of hydrogen-bond donors (Lipinski definition) is 0. The van der Waals surface area contributed by atoms with Gasteiger partial charge in [0.15, 0.2) is 0 Å². The molecule has 6 heteroatoms. The molecule has 0 N–H and O–H groups in total. The normalized spacial score (nSPS) is 19.2. The number of ether oxygens (including phenoxy) is 2. The van der Waals surface area contributed by atoms with Crippen molar-refractivity contribution in [3.63, 3.8) is 0 Å². The van der Waals surface area contributed by atoms with Gasteiger partial charge in [-0.15, -0.1) is 11.6 Å². The molecule has 98 valence electrons. The summed E-state index contributed by atoms with van der Waals surface area (Å²) in [4.78, 5) is 24.7. The Labute approximate surface area is 106 Å². The quantitative estimate of drug-likeness (QED) is 0.560. The Kier molecular flexibility index (Phi) is 6.11. The molecule has 1 aliphatic heterocycles. The summed E-state index contributed by atoms with van der Waals surface area (Å²) in [7, 11) is 0. The maximum Gasteiger partial charge on any atom is 0.410 e. The highest BCUT2D eigenvalue weighted by atomic mass is 35.5. The van der Waals surface area contributed by atoms with Crippen molar-refractivity contribution in [3.8, 4) is 0 Å². The summed E-state index contributed by atoms with van der Waals surface area (Å²) in [5.74, 6) is -0.0861. The number of rotatable bonds is 5. The molecule has 17 heavy (non-hydrogen) atoms. The molecule has 1 unspecified atom stereocenters. The summed E-state index contributed by atoms with van der Waals surface area (Å²) in [5.41, 5.74) is 0. The van der Waals surface area contributed by atoms with Gasteiger partial charge in [0.05, 0.1) is 12.5 Å². The topological polar surface area (TPSA) is 55.8 Å². The largest absolute Gasteiger partial charge is 0.464 e. The van der Waals surface area contributed by atoms with Crippen molar-refractivity contribution in [2.75, 3.05) is 25.6 Å². The van der Waals surface area contributed by atoms with Gasteiger partial charge in [-0.3, -0.25) is 4.90 Å². The van der Waals surface area contributed by atoms with Crippen molar-refractivity contribution in [1.29, 1.82) is 0 Å². The summed E-state index contributed by atoms with van der Waals surface area (Å²) in [6.07, 6.45) is 1.72. The summed E-state index contributed by atoms with van der Waals surface area (Å²) in [5, 5.41) is 0. The lowest BCUT2D eigenvalue weighted by molar-refractivity contribution is -0.148. The van der Waals surface area contributed by atoms with E-state index in [1.165, 1.54) is 4.90 Å². The molecular weight excluding hydrogens is 246 g/mol. The summed E-state index contributed by atoms with van der Waals surface area (Å²) in [6.45, 7) is 3.01. The van der Waals surface area contributed by atoms with Gasteiger partial charge in [0.1, 0.15) is 12.6 Å². The molecule has 1 amide bonds. The van der Waals surface area contributed by atoms with Crippen LogP contribution in [-0.4, -0.2) is 48.6 Å². The number of amides is 1. The number of esters is 1. The first-order valence-electron chi connectivity index (χ1n) is 5.86. The highest BCUT2D eigenvalue weighted by molar-refractivity contribution is 6.18. The van der Waals surface area contributed by atoms with Crippen LogP contribution < -0.4 is 0 Å². The molecule has 0 bridgehead atoms. The molecule has 1 fully saturated rings. The van der Waals surface area contributed by atoms with Crippen molar-refractivity contribution in [3.05, 3.63) is 0 Å². The Bertz CT molecular complexity index is 246. The second-order valence-corrected chi connectivity index (χ2v) is 4.20. The van der Waals surface area contributed by atoms with Gasteiger partial charge in [0.25, 0.3) is 0 Å². The van der Waals surface area contributed by atoms with E-state index in [0.717, 1.165) is 12.8 Å². The van der Waals surface area contributed by atoms with Crippen molar-refractivity contribution in [2.24, 2.45) is 0 Å². The lowest BCUT2D eigenvalue weighted by atomic mass is 10.2. The van der Waals surface area contributed by atoms with Crippen LogP contribution in [0.4, 0.5) is 4.79 Å². The standard InChI is InChI=1S/C11H18ClNO4/c1-2-7-16-10(14)9-4-3-6-13(9)11(15)17-8-5-12/h9H,2-8H2,1H3. The predicted octanol–water partition coefficient (Wildman–Crippen LogP) is 1.78. The fraction of sp³-hybridized carbons (Fsp3) is 0.818. The van der Waals surface area contributed by atoms with E-state index in [9.17, 15) is 9.59 Å². The number of carbonyl (C=O) groups excluding carboxylic acids is 2. The maximum absolute atomic E-state index is 11.7. The fourth-order valence-electron chi connectivity index (χ4n) is 1.74. The zero-order valence-electron chi connectivity index (χ0n) is 9.99. The van der Waals surface area contributed by atoms with E-state index in [2.05, 4.69) is 0 Å². The van der Waals surface area contributed by atoms with E-state index < -0.39 is 12.1 Å². The van der Waals surface area contributed by atoms with Gasteiger partial charge in [0, 0.05) is 6.54 Å². The van der Waals surface area contributed by atoms with E-state index in [1.807, 2.05) is 6.92 Å². The Morgan fingerprint density at radius 3 is 2.76 bits per heavy atom. The lowest BCUT2D eigenvalue weighted by Crippen LogP contribution is -2.42. The van der Waals surface area contributed by atoms with Gasteiger partial charge in [-0.2, -0.15) is 0 Å². The van der Waals surface area contributed by atoms with Crippen molar-refractivity contribution >= 4 is 23.7 Å². The molecular formula is C11H18ClNO4. The van der Waals surface area contributed by atoms with Crippen molar-refractivity contribution in [1.82, 2.24) is 4.90 Å².